The first-order valence-electron chi connectivity index (χ1n) is 6.68. The lowest BCUT2D eigenvalue weighted by Gasteiger charge is -2.20. The van der Waals surface area contributed by atoms with E-state index in [9.17, 15) is 18.8 Å². The van der Waals surface area contributed by atoms with Crippen LogP contribution in [0.15, 0.2) is 24.3 Å². The highest BCUT2D eigenvalue weighted by molar-refractivity contribution is 5.96. The molecule has 120 valence electrons. The van der Waals surface area contributed by atoms with Crippen LogP contribution in [0.2, 0.25) is 0 Å². The van der Waals surface area contributed by atoms with Gasteiger partial charge in [0.25, 0.3) is 11.8 Å². The summed E-state index contributed by atoms with van der Waals surface area (Å²) in [4.78, 5) is 34.5. The zero-order valence-electron chi connectivity index (χ0n) is 12.7. The third-order valence-corrected chi connectivity index (χ3v) is 2.39. The molecule has 0 heterocycles. The number of hydrogen-bond donors (Lipinski definition) is 2. The first-order chi connectivity index (χ1) is 10.2. The summed E-state index contributed by atoms with van der Waals surface area (Å²) < 4.78 is 18.1. The van der Waals surface area contributed by atoms with Crippen LogP contribution in [-0.4, -0.2) is 36.5 Å². The molecule has 1 aromatic carbocycles. The minimum absolute atomic E-state index is 0.166. The fourth-order valence-electron chi connectivity index (χ4n) is 1.54. The van der Waals surface area contributed by atoms with E-state index in [0.29, 0.717) is 0 Å². The van der Waals surface area contributed by atoms with Gasteiger partial charge in [-0.15, -0.1) is 0 Å². The summed E-state index contributed by atoms with van der Waals surface area (Å²) in [6.45, 7) is 4.49. The van der Waals surface area contributed by atoms with E-state index < -0.39 is 42.3 Å². The van der Waals surface area contributed by atoms with Crippen molar-refractivity contribution in [3.63, 3.8) is 0 Å². The molecule has 0 bridgehead atoms. The van der Waals surface area contributed by atoms with Crippen molar-refractivity contribution in [2.45, 2.75) is 26.3 Å². The minimum atomic E-state index is -0.784. The van der Waals surface area contributed by atoms with Gasteiger partial charge in [0.2, 0.25) is 0 Å². The number of rotatable bonds is 5. The highest BCUT2D eigenvalue weighted by Crippen LogP contribution is 2.05. The van der Waals surface area contributed by atoms with E-state index in [1.165, 1.54) is 18.2 Å². The first-order valence-corrected chi connectivity index (χ1v) is 6.68. The van der Waals surface area contributed by atoms with Crippen molar-refractivity contribution in [1.29, 1.82) is 0 Å². The molecular weight excluding hydrogens is 291 g/mol. The molecule has 0 spiro atoms. The Morgan fingerprint density at radius 3 is 2.41 bits per heavy atom. The summed E-state index contributed by atoms with van der Waals surface area (Å²) in [7, 11) is 0. The van der Waals surface area contributed by atoms with Crippen LogP contribution >= 0.6 is 0 Å². The predicted octanol–water partition coefficient (Wildman–Crippen LogP) is 1.01. The molecule has 0 fully saturated rings. The number of hydrogen-bond acceptors (Lipinski definition) is 4. The van der Waals surface area contributed by atoms with Gasteiger partial charge in [-0.05, 0) is 32.9 Å². The summed E-state index contributed by atoms with van der Waals surface area (Å²) in [6, 6.07) is 5.40. The van der Waals surface area contributed by atoms with E-state index in [2.05, 4.69) is 10.6 Å². The lowest BCUT2D eigenvalue weighted by molar-refractivity contribution is -0.147. The Morgan fingerprint density at radius 2 is 1.82 bits per heavy atom. The molecule has 0 unspecified atom stereocenters. The zero-order chi connectivity index (χ0) is 16.8. The van der Waals surface area contributed by atoms with Gasteiger partial charge in [0.15, 0.2) is 6.61 Å². The second kappa shape index (κ2) is 7.53. The Hall–Kier alpha value is -2.44. The summed E-state index contributed by atoms with van der Waals surface area (Å²) >= 11 is 0. The smallest absolute Gasteiger partial charge is 0.325 e. The Balaban J connectivity index is 2.36. The number of esters is 1. The highest BCUT2D eigenvalue weighted by Gasteiger charge is 2.16. The molecule has 0 aromatic heterocycles. The maximum Gasteiger partial charge on any atom is 0.325 e. The van der Waals surface area contributed by atoms with Gasteiger partial charge in [0, 0.05) is 5.54 Å². The van der Waals surface area contributed by atoms with E-state index in [1.807, 2.05) is 0 Å². The third kappa shape index (κ3) is 6.34. The molecule has 0 aliphatic carbocycles. The van der Waals surface area contributed by atoms with E-state index in [0.717, 1.165) is 6.07 Å². The monoisotopic (exact) mass is 310 g/mol. The maximum atomic E-state index is 13.3. The van der Waals surface area contributed by atoms with E-state index in [-0.39, 0.29) is 5.56 Å². The van der Waals surface area contributed by atoms with E-state index in [4.69, 9.17) is 4.74 Å². The third-order valence-electron chi connectivity index (χ3n) is 2.39. The topological polar surface area (TPSA) is 84.5 Å². The van der Waals surface area contributed by atoms with Gasteiger partial charge in [-0.1, -0.05) is 12.1 Å². The van der Waals surface area contributed by atoms with Gasteiger partial charge in [-0.2, -0.15) is 0 Å². The van der Waals surface area contributed by atoms with E-state index >= 15 is 0 Å². The average Bonchev–Trinajstić information content (AvgIpc) is 2.41. The summed E-state index contributed by atoms with van der Waals surface area (Å²) in [5.74, 6) is -2.64. The number of amides is 2. The molecule has 0 saturated carbocycles. The average molecular weight is 310 g/mol. The van der Waals surface area contributed by atoms with Crippen LogP contribution in [-0.2, 0) is 14.3 Å². The molecule has 0 radical (unpaired) electrons. The lowest BCUT2D eigenvalue weighted by atomic mass is 10.1. The van der Waals surface area contributed by atoms with Gasteiger partial charge in [0.05, 0.1) is 5.56 Å². The molecule has 2 amide bonds. The second-order valence-corrected chi connectivity index (χ2v) is 5.62. The van der Waals surface area contributed by atoms with Gasteiger partial charge in [-0.3, -0.25) is 14.4 Å². The number of carbonyl (C=O) groups is 3. The largest absolute Gasteiger partial charge is 0.454 e. The molecular formula is C15H19FN2O4. The van der Waals surface area contributed by atoms with Crippen LogP contribution < -0.4 is 10.6 Å². The summed E-state index contributed by atoms with van der Waals surface area (Å²) in [5, 5.41) is 4.85. The normalized spacial score (nSPS) is 10.7. The Kier molecular flexibility index (Phi) is 6.03. The van der Waals surface area contributed by atoms with Crippen molar-refractivity contribution in [3.8, 4) is 0 Å². The molecule has 0 atom stereocenters. The summed E-state index contributed by atoms with van der Waals surface area (Å²) in [6.07, 6.45) is 0. The second-order valence-electron chi connectivity index (χ2n) is 5.62. The van der Waals surface area contributed by atoms with Crippen molar-refractivity contribution < 1.29 is 23.5 Å². The van der Waals surface area contributed by atoms with Crippen LogP contribution in [0.5, 0.6) is 0 Å². The number of benzene rings is 1. The molecule has 0 aliphatic rings. The standard InChI is InChI=1S/C15H19FN2O4/c1-15(2,3)18-12(19)9-22-13(20)8-17-14(21)10-6-4-5-7-11(10)16/h4-7H,8-9H2,1-3H3,(H,17,21)(H,18,19). The molecule has 1 aromatic rings. The first kappa shape index (κ1) is 17.6. The quantitative estimate of drug-likeness (QED) is 0.795. The van der Waals surface area contributed by atoms with Gasteiger partial charge >= 0.3 is 5.97 Å². The number of nitrogens with one attached hydrogen (secondary N) is 2. The fourth-order valence-corrected chi connectivity index (χ4v) is 1.54. The Morgan fingerprint density at radius 1 is 1.18 bits per heavy atom. The number of halogens is 1. The van der Waals surface area contributed by atoms with Crippen LogP contribution in [0, 0.1) is 5.82 Å². The van der Waals surface area contributed by atoms with Crippen molar-refractivity contribution in [3.05, 3.63) is 35.6 Å². The van der Waals surface area contributed by atoms with Crippen molar-refractivity contribution >= 4 is 17.8 Å². The molecule has 0 aliphatic heterocycles. The lowest BCUT2D eigenvalue weighted by Crippen LogP contribution is -2.43. The Labute approximate surface area is 128 Å². The molecule has 2 N–H and O–H groups in total. The SMILES string of the molecule is CC(C)(C)NC(=O)COC(=O)CNC(=O)c1ccccc1F. The molecule has 6 nitrogen and oxygen atoms in total. The van der Waals surface area contributed by atoms with Crippen LogP contribution in [0.4, 0.5) is 4.39 Å². The summed E-state index contributed by atoms with van der Waals surface area (Å²) in [5.41, 5.74) is -0.594. The minimum Gasteiger partial charge on any atom is -0.454 e. The molecule has 0 saturated heterocycles. The predicted molar refractivity (Wildman–Crippen MR) is 77.6 cm³/mol. The van der Waals surface area contributed by atoms with Gasteiger partial charge < -0.3 is 15.4 Å². The highest BCUT2D eigenvalue weighted by atomic mass is 19.1. The number of ether oxygens (including phenoxy) is 1. The van der Waals surface area contributed by atoms with Crippen molar-refractivity contribution in [1.82, 2.24) is 10.6 Å². The Bertz CT molecular complexity index is 567. The number of carbonyl (C=O) groups excluding carboxylic acids is 3. The maximum absolute atomic E-state index is 13.3. The van der Waals surface area contributed by atoms with Crippen LogP contribution in [0.25, 0.3) is 0 Å². The van der Waals surface area contributed by atoms with Gasteiger partial charge in [-0.25, -0.2) is 4.39 Å². The van der Waals surface area contributed by atoms with Crippen LogP contribution in [0.1, 0.15) is 31.1 Å². The van der Waals surface area contributed by atoms with Crippen molar-refractivity contribution in [2.75, 3.05) is 13.2 Å². The molecule has 7 heteroatoms. The molecule has 1 rings (SSSR count). The zero-order valence-corrected chi connectivity index (χ0v) is 12.7. The fraction of sp³-hybridized carbons (Fsp3) is 0.400. The molecule has 22 heavy (non-hydrogen) atoms. The van der Waals surface area contributed by atoms with Crippen molar-refractivity contribution in [2.24, 2.45) is 0 Å². The van der Waals surface area contributed by atoms with Crippen LogP contribution in [0.3, 0.4) is 0 Å². The van der Waals surface area contributed by atoms with E-state index in [1.54, 1.807) is 20.8 Å². The van der Waals surface area contributed by atoms with Gasteiger partial charge in [0.1, 0.15) is 12.4 Å².